The molecule has 0 saturated carbocycles. The van der Waals surface area contributed by atoms with Crippen molar-refractivity contribution in [3.05, 3.63) is 98.4 Å². The summed E-state index contributed by atoms with van der Waals surface area (Å²) in [7, 11) is -8.74. The van der Waals surface area contributed by atoms with E-state index < -0.39 is 54.3 Å². The van der Waals surface area contributed by atoms with Gasteiger partial charge in [-0.3, -0.25) is 13.5 Å². The number of hydrogen-bond acceptors (Lipinski definition) is 8. The molecule has 0 saturated heterocycles. The molecule has 0 fully saturated rings. The lowest BCUT2D eigenvalue weighted by atomic mass is 10.0. The fourth-order valence-corrected chi connectivity index (χ4v) is 6.92. The molecular weight excluding hydrogens is 707 g/mol. The number of carboxylic acid groups (broad SMARTS) is 2. The van der Waals surface area contributed by atoms with Gasteiger partial charge in [-0.15, -0.1) is 0 Å². The summed E-state index contributed by atoms with van der Waals surface area (Å²) >= 11 is 6.64. The van der Waals surface area contributed by atoms with Gasteiger partial charge in [0, 0.05) is 8.95 Å². The Balaban J connectivity index is 1.82. The molecule has 220 valence electrons. The maximum Gasteiger partial charge on any atom is 0.334 e. The van der Waals surface area contributed by atoms with Crippen molar-refractivity contribution in [3.63, 3.8) is 0 Å². The first-order chi connectivity index (χ1) is 19.3. The zero-order valence-corrected chi connectivity index (χ0v) is 26.6. The fourth-order valence-electron chi connectivity index (χ4n) is 3.53. The molecule has 2 atom stereocenters. The van der Waals surface area contributed by atoms with Gasteiger partial charge in [-0.05, 0) is 60.9 Å². The van der Waals surface area contributed by atoms with Gasteiger partial charge in [0.25, 0.3) is 10.1 Å². The average molecular weight is 734 g/mol. The van der Waals surface area contributed by atoms with Crippen molar-refractivity contribution in [2.75, 3.05) is 6.16 Å². The molecule has 3 rings (SSSR count). The van der Waals surface area contributed by atoms with E-state index in [1.165, 1.54) is 24.3 Å². The highest BCUT2D eigenvalue weighted by atomic mass is 79.9. The van der Waals surface area contributed by atoms with E-state index in [1.54, 1.807) is 55.5 Å². The maximum absolute atomic E-state index is 13.9. The summed E-state index contributed by atoms with van der Waals surface area (Å²) < 4.78 is 57.1. The first kappa shape index (κ1) is 33.1. The molecule has 3 aromatic carbocycles. The van der Waals surface area contributed by atoms with Crippen LogP contribution in [0.2, 0.25) is 0 Å². The number of carbonyl (C=O) groups is 2. The Hall–Kier alpha value is -2.38. The van der Waals surface area contributed by atoms with Crippen LogP contribution in [0.5, 0.6) is 0 Å². The van der Waals surface area contributed by atoms with Gasteiger partial charge in [0.2, 0.25) is 0 Å². The van der Waals surface area contributed by atoms with Crippen LogP contribution in [0.15, 0.2) is 86.6 Å². The summed E-state index contributed by atoms with van der Waals surface area (Å²) in [6, 6.07) is 19.3. The molecule has 0 aliphatic heterocycles. The summed E-state index contributed by atoms with van der Waals surface area (Å²) in [6.45, 7) is 1.38. The van der Waals surface area contributed by atoms with Crippen LogP contribution in [0.3, 0.4) is 0 Å². The number of carboxylic acids is 2. The van der Waals surface area contributed by atoms with Gasteiger partial charge in [0.15, 0.2) is 6.10 Å². The van der Waals surface area contributed by atoms with Gasteiger partial charge in [0.1, 0.15) is 0 Å². The van der Waals surface area contributed by atoms with Crippen LogP contribution in [0.1, 0.15) is 23.1 Å². The van der Waals surface area contributed by atoms with Gasteiger partial charge < -0.3 is 19.3 Å². The molecular formula is C27H27Br2O10PS. The van der Waals surface area contributed by atoms with Gasteiger partial charge in [-0.2, -0.15) is 8.42 Å². The number of benzene rings is 3. The van der Waals surface area contributed by atoms with Crippen LogP contribution >= 0.6 is 39.5 Å². The highest BCUT2D eigenvalue weighted by Gasteiger charge is 2.38. The smallest absolute Gasteiger partial charge is 0.334 e. The van der Waals surface area contributed by atoms with E-state index in [0.29, 0.717) is 11.1 Å². The second-order valence-corrected chi connectivity index (χ2v) is 14.6. The molecule has 0 heterocycles. The first-order valence-corrected chi connectivity index (χ1v) is 16.8. The fraction of sp³-hybridized carbons (Fsp3) is 0.259. The van der Waals surface area contributed by atoms with Crippen LogP contribution in [0.4, 0.5) is 0 Å². The van der Waals surface area contributed by atoms with Gasteiger partial charge in [-0.1, -0.05) is 73.8 Å². The molecule has 2 N–H and O–H groups in total. The third-order valence-corrected chi connectivity index (χ3v) is 10.1. The van der Waals surface area contributed by atoms with E-state index in [-0.39, 0.29) is 18.1 Å². The van der Waals surface area contributed by atoms with Crippen LogP contribution in [0.25, 0.3) is 0 Å². The number of rotatable bonds is 15. The molecule has 14 heteroatoms. The number of aliphatic carboxylic acids is 2. The van der Waals surface area contributed by atoms with Crippen molar-refractivity contribution in [1.82, 2.24) is 0 Å². The van der Waals surface area contributed by atoms with Crippen molar-refractivity contribution in [2.24, 2.45) is 5.92 Å². The second-order valence-electron chi connectivity index (χ2n) is 9.05. The summed E-state index contributed by atoms with van der Waals surface area (Å²) in [4.78, 5) is 23.8. The molecule has 41 heavy (non-hydrogen) atoms. The summed E-state index contributed by atoms with van der Waals surface area (Å²) in [5.41, 5.74) is 2.03. The van der Waals surface area contributed by atoms with Crippen molar-refractivity contribution in [2.45, 2.75) is 37.6 Å². The average Bonchev–Trinajstić information content (AvgIpc) is 2.92. The summed E-state index contributed by atoms with van der Waals surface area (Å²) in [6.07, 6.45) is -3.62. The topological polar surface area (TPSA) is 154 Å². The number of hydrogen-bond donors (Lipinski definition) is 2. The molecule has 0 bridgehead atoms. The van der Waals surface area contributed by atoms with E-state index in [1.807, 2.05) is 0 Å². The largest absolute Gasteiger partial charge is 0.481 e. The number of aryl methyl sites for hydroxylation is 1. The lowest BCUT2D eigenvalue weighted by molar-refractivity contribution is -0.148. The highest BCUT2D eigenvalue weighted by molar-refractivity contribution is 9.10. The molecule has 3 aromatic rings. The van der Waals surface area contributed by atoms with Crippen LogP contribution in [-0.4, -0.2) is 42.8 Å². The van der Waals surface area contributed by atoms with E-state index in [4.69, 9.17) is 13.2 Å². The molecule has 0 aliphatic rings. The Labute approximate surface area is 254 Å². The number of halogens is 2. The molecule has 0 aromatic heterocycles. The van der Waals surface area contributed by atoms with E-state index in [9.17, 15) is 32.8 Å². The Morgan fingerprint density at radius 1 is 0.805 bits per heavy atom. The third-order valence-electron chi connectivity index (χ3n) is 5.80. The zero-order valence-electron chi connectivity index (χ0n) is 21.7. The molecule has 0 aliphatic carbocycles. The molecule has 0 radical (unpaired) electrons. The monoisotopic (exact) mass is 732 g/mol. The summed E-state index contributed by atoms with van der Waals surface area (Å²) in [5.74, 6) is -4.87. The third kappa shape index (κ3) is 10.4. The predicted molar refractivity (Wildman–Crippen MR) is 157 cm³/mol. The summed E-state index contributed by atoms with van der Waals surface area (Å²) in [5, 5.41) is 19.6. The van der Waals surface area contributed by atoms with Crippen molar-refractivity contribution in [3.8, 4) is 0 Å². The molecule has 0 amide bonds. The molecule has 0 unspecified atom stereocenters. The maximum atomic E-state index is 13.9. The van der Waals surface area contributed by atoms with Gasteiger partial charge in [0.05, 0.1) is 30.2 Å². The predicted octanol–water partition coefficient (Wildman–Crippen LogP) is 6.40. The van der Waals surface area contributed by atoms with Gasteiger partial charge in [-0.25, -0.2) is 4.79 Å². The lowest BCUT2D eigenvalue weighted by Gasteiger charge is -2.24. The zero-order chi connectivity index (χ0) is 30.2. The Morgan fingerprint density at radius 2 is 1.27 bits per heavy atom. The Bertz CT molecular complexity index is 1440. The second kappa shape index (κ2) is 14.7. The normalized spacial score (nSPS) is 13.4. The minimum Gasteiger partial charge on any atom is -0.481 e. The van der Waals surface area contributed by atoms with E-state index in [2.05, 4.69) is 31.9 Å². The standard InChI is InChI=1S/C27H27Br2O10PS/c1-18-2-12-24(13-3-18)41(35,36)39-25(27(32)33)14-21(26(30)31)17-40(34,37-15-19-4-8-22(28)9-5-19)38-16-20-6-10-23(29)11-7-20/h2-13,21,25H,14-17H2,1H3,(H,30,31)(H,32,33)/t21-,25+/m1/s1. The molecule has 10 nitrogen and oxygen atoms in total. The minimum absolute atomic E-state index is 0.183. The SMILES string of the molecule is Cc1ccc(S(=O)(=O)O[C@@H](C[C@H](CP(=O)(OCc2ccc(Br)cc2)OCc2ccc(Br)cc2)C(=O)O)C(=O)O)cc1. The molecule has 0 spiro atoms. The highest BCUT2D eigenvalue weighted by Crippen LogP contribution is 2.52. The van der Waals surface area contributed by atoms with Crippen molar-refractivity contribution >= 4 is 61.5 Å². The van der Waals surface area contributed by atoms with Gasteiger partial charge >= 0.3 is 19.5 Å². The van der Waals surface area contributed by atoms with E-state index >= 15 is 0 Å². The van der Waals surface area contributed by atoms with Crippen LogP contribution in [0, 0.1) is 12.8 Å². The quantitative estimate of drug-likeness (QED) is 0.133. The van der Waals surface area contributed by atoms with Crippen molar-refractivity contribution < 1.29 is 46.0 Å². The minimum atomic E-state index is -4.55. The van der Waals surface area contributed by atoms with Crippen molar-refractivity contribution in [1.29, 1.82) is 0 Å². The Morgan fingerprint density at radius 3 is 1.68 bits per heavy atom. The van der Waals surface area contributed by atoms with E-state index in [0.717, 1.165) is 14.5 Å². The Kier molecular flexibility index (Phi) is 11.9. The lowest BCUT2D eigenvalue weighted by Crippen LogP contribution is -2.33. The van der Waals surface area contributed by atoms with Crippen LogP contribution in [-0.2, 0) is 50.7 Å². The first-order valence-electron chi connectivity index (χ1n) is 12.1. The van der Waals surface area contributed by atoms with Crippen LogP contribution < -0.4 is 0 Å².